The maximum Gasteiger partial charge on any atom is 0.191 e. The number of nitrogens with one attached hydrogen (secondary N) is 2. The third kappa shape index (κ3) is 8.26. The summed E-state index contributed by atoms with van der Waals surface area (Å²) in [6.45, 7) is 8.48. The van der Waals surface area contributed by atoms with Crippen molar-refractivity contribution in [2.75, 3.05) is 53.5 Å². The van der Waals surface area contributed by atoms with E-state index in [0.29, 0.717) is 6.61 Å². The molecule has 1 aliphatic heterocycles. The molecule has 1 fully saturated rings. The van der Waals surface area contributed by atoms with Crippen LogP contribution in [0, 0.1) is 5.92 Å². The Kier molecular flexibility index (Phi) is 12.6. The number of likely N-dealkylation sites (tertiary alicyclic amines) is 1. The van der Waals surface area contributed by atoms with Crippen LogP contribution in [0.25, 0.3) is 0 Å². The van der Waals surface area contributed by atoms with Gasteiger partial charge in [-0.3, -0.25) is 4.99 Å². The van der Waals surface area contributed by atoms with Gasteiger partial charge in [0, 0.05) is 27.2 Å². The molecule has 0 amide bonds. The highest BCUT2D eigenvalue weighted by Crippen LogP contribution is 2.19. The van der Waals surface area contributed by atoms with Gasteiger partial charge < -0.3 is 20.3 Å². The molecule has 1 heterocycles. The maximum absolute atomic E-state index is 5.01. The largest absolute Gasteiger partial charge is 0.383 e. The highest BCUT2D eigenvalue weighted by atomic mass is 127. The van der Waals surface area contributed by atoms with Crippen molar-refractivity contribution >= 4 is 29.9 Å². The molecule has 1 saturated heterocycles. The van der Waals surface area contributed by atoms with Crippen LogP contribution in [0.15, 0.2) is 4.99 Å². The minimum absolute atomic E-state index is 0. The van der Waals surface area contributed by atoms with Crippen LogP contribution in [-0.4, -0.2) is 64.3 Å². The van der Waals surface area contributed by atoms with Crippen molar-refractivity contribution in [3.63, 3.8) is 0 Å². The number of guanidine groups is 1. The number of rotatable bonds is 7. The minimum Gasteiger partial charge on any atom is -0.383 e. The second kappa shape index (κ2) is 12.6. The van der Waals surface area contributed by atoms with E-state index in [0.717, 1.165) is 25.0 Å². The van der Waals surface area contributed by atoms with Gasteiger partial charge in [0.25, 0.3) is 0 Å². The van der Waals surface area contributed by atoms with E-state index in [9.17, 15) is 0 Å². The first-order valence-corrected chi connectivity index (χ1v) is 7.46. The van der Waals surface area contributed by atoms with Crippen molar-refractivity contribution in [1.82, 2.24) is 15.5 Å². The summed E-state index contributed by atoms with van der Waals surface area (Å²) in [5, 5.41) is 6.60. The first kappa shape index (κ1) is 19.9. The topological polar surface area (TPSA) is 48.9 Å². The van der Waals surface area contributed by atoms with Gasteiger partial charge in [0.1, 0.15) is 0 Å². The monoisotopic (exact) mass is 398 g/mol. The SMILES string of the molecule is CCN1CCC(CCNC(=NC)NCCOC)CC1.I. The predicted molar refractivity (Wildman–Crippen MR) is 96.1 cm³/mol. The van der Waals surface area contributed by atoms with E-state index < -0.39 is 0 Å². The Morgan fingerprint density at radius 3 is 2.45 bits per heavy atom. The predicted octanol–water partition coefficient (Wildman–Crippen LogP) is 1.54. The molecule has 0 unspecified atom stereocenters. The molecule has 0 saturated carbocycles. The molecule has 0 bridgehead atoms. The van der Waals surface area contributed by atoms with E-state index in [1.807, 2.05) is 7.05 Å². The molecule has 20 heavy (non-hydrogen) atoms. The summed E-state index contributed by atoms with van der Waals surface area (Å²) in [6.07, 6.45) is 3.92. The van der Waals surface area contributed by atoms with Crippen LogP contribution >= 0.6 is 24.0 Å². The van der Waals surface area contributed by atoms with E-state index >= 15 is 0 Å². The lowest BCUT2D eigenvalue weighted by atomic mass is 9.93. The van der Waals surface area contributed by atoms with Crippen molar-refractivity contribution in [3.8, 4) is 0 Å². The average Bonchev–Trinajstić information content (AvgIpc) is 2.46. The number of hydrogen-bond donors (Lipinski definition) is 2. The van der Waals surface area contributed by atoms with Crippen LogP contribution < -0.4 is 10.6 Å². The molecule has 0 atom stereocenters. The fraction of sp³-hybridized carbons (Fsp3) is 0.929. The van der Waals surface area contributed by atoms with E-state index in [4.69, 9.17) is 4.74 Å². The number of aliphatic imine (C=N–C) groups is 1. The van der Waals surface area contributed by atoms with Gasteiger partial charge in [-0.1, -0.05) is 6.92 Å². The number of ether oxygens (including phenoxy) is 1. The molecular formula is C14H31IN4O. The van der Waals surface area contributed by atoms with Gasteiger partial charge in [-0.15, -0.1) is 24.0 Å². The molecule has 6 heteroatoms. The third-order valence-electron chi connectivity index (χ3n) is 3.82. The molecule has 0 aromatic rings. The lowest BCUT2D eigenvalue weighted by Crippen LogP contribution is -2.40. The lowest BCUT2D eigenvalue weighted by molar-refractivity contribution is 0.187. The quantitative estimate of drug-likeness (QED) is 0.296. The fourth-order valence-electron chi connectivity index (χ4n) is 2.48. The Morgan fingerprint density at radius 2 is 1.90 bits per heavy atom. The standard InChI is InChI=1S/C14H30N4O.HI/c1-4-18-10-6-13(7-11-18)5-8-16-14(15-2)17-9-12-19-3;/h13H,4-12H2,1-3H3,(H2,15,16,17);1H. The van der Waals surface area contributed by atoms with Crippen LogP contribution in [-0.2, 0) is 4.74 Å². The first-order valence-electron chi connectivity index (χ1n) is 7.46. The third-order valence-corrected chi connectivity index (χ3v) is 3.82. The van der Waals surface area contributed by atoms with Crippen molar-refractivity contribution in [2.45, 2.75) is 26.2 Å². The summed E-state index contributed by atoms with van der Waals surface area (Å²) in [4.78, 5) is 6.74. The molecule has 0 aromatic heterocycles. The zero-order valence-electron chi connectivity index (χ0n) is 13.2. The molecule has 0 aromatic carbocycles. The molecule has 0 aliphatic carbocycles. The summed E-state index contributed by atoms with van der Waals surface area (Å²) in [6, 6.07) is 0. The molecule has 1 aliphatic rings. The van der Waals surface area contributed by atoms with Crippen LogP contribution in [0.4, 0.5) is 0 Å². The van der Waals surface area contributed by atoms with Crippen LogP contribution in [0.1, 0.15) is 26.2 Å². The molecule has 0 spiro atoms. The maximum atomic E-state index is 5.01. The van der Waals surface area contributed by atoms with Gasteiger partial charge in [-0.25, -0.2) is 0 Å². The van der Waals surface area contributed by atoms with Crippen molar-refractivity contribution in [2.24, 2.45) is 10.9 Å². The zero-order valence-corrected chi connectivity index (χ0v) is 15.5. The summed E-state index contributed by atoms with van der Waals surface area (Å²) in [7, 11) is 3.52. The zero-order chi connectivity index (χ0) is 13.9. The van der Waals surface area contributed by atoms with Gasteiger partial charge >= 0.3 is 0 Å². The van der Waals surface area contributed by atoms with Gasteiger partial charge in [0.05, 0.1) is 6.61 Å². The van der Waals surface area contributed by atoms with Crippen LogP contribution in [0.3, 0.4) is 0 Å². The average molecular weight is 398 g/mol. The summed E-state index contributed by atoms with van der Waals surface area (Å²) < 4.78 is 5.01. The van der Waals surface area contributed by atoms with Crippen LogP contribution in [0.2, 0.25) is 0 Å². The Labute approximate surface area is 140 Å². The van der Waals surface area contributed by atoms with Crippen LogP contribution in [0.5, 0.6) is 0 Å². The molecule has 2 N–H and O–H groups in total. The summed E-state index contributed by atoms with van der Waals surface area (Å²) >= 11 is 0. The van der Waals surface area contributed by atoms with Gasteiger partial charge in [0.2, 0.25) is 0 Å². The fourth-order valence-corrected chi connectivity index (χ4v) is 2.48. The van der Waals surface area contributed by atoms with Gasteiger partial charge in [0.15, 0.2) is 5.96 Å². The summed E-state index contributed by atoms with van der Waals surface area (Å²) in [5.41, 5.74) is 0. The molecular weight excluding hydrogens is 367 g/mol. The van der Waals surface area contributed by atoms with Crippen molar-refractivity contribution in [1.29, 1.82) is 0 Å². The number of nitrogens with zero attached hydrogens (tertiary/aromatic N) is 2. The normalized spacial score (nSPS) is 17.6. The number of hydrogen-bond acceptors (Lipinski definition) is 3. The van der Waals surface area contributed by atoms with E-state index in [1.165, 1.54) is 38.9 Å². The smallest absolute Gasteiger partial charge is 0.191 e. The Morgan fingerprint density at radius 1 is 1.25 bits per heavy atom. The van der Waals surface area contributed by atoms with Crippen molar-refractivity contribution in [3.05, 3.63) is 0 Å². The molecule has 5 nitrogen and oxygen atoms in total. The molecule has 1 rings (SSSR count). The lowest BCUT2D eigenvalue weighted by Gasteiger charge is -2.31. The highest BCUT2D eigenvalue weighted by Gasteiger charge is 2.17. The number of methoxy groups -OCH3 is 1. The van der Waals surface area contributed by atoms with E-state index in [-0.39, 0.29) is 24.0 Å². The number of piperidine rings is 1. The van der Waals surface area contributed by atoms with Crippen molar-refractivity contribution < 1.29 is 4.74 Å². The Bertz CT molecular complexity index is 256. The van der Waals surface area contributed by atoms with Gasteiger partial charge in [-0.2, -0.15) is 0 Å². The second-order valence-corrected chi connectivity index (χ2v) is 5.08. The van der Waals surface area contributed by atoms with Gasteiger partial charge in [-0.05, 0) is 44.8 Å². The highest BCUT2D eigenvalue weighted by molar-refractivity contribution is 14.0. The molecule has 120 valence electrons. The first-order chi connectivity index (χ1) is 9.30. The molecule has 0 radical (unpaired) electrons. The number of halogens is 1. The van der Waals surface area contributed by atoms with E-state index in [2.05, 4.69) is 27.4 Å². The second-order valence-electron chi connectivity index (χ2n) is 5.08. The minimum atomic E-state index is 0. The Hall–Kier alpha value is -0.0800. The van der Waals surface area contributed by atoms with E-state index in [1.54, 1.807) is 7.11 Å². The summed E-state index contributed by atoms with van der Waals surface area (Å²) in [5.74, 6) is 1.75. The Balaban J connectivity index is 0.00000361.